The zero-order chi connectivity index (χ0) is 19.1. The van der Waals surface area contributed by atoms with Crippen LogP contribution in [0.5, 0.6) is 0 Å². The molecule has 0 spiro atoms. The number of amides is 2. The summed E-state index contributed by atoms with van der Waals surface area (Å²) in [7, 11) is 0. The van der Waals surface area contributed by atoms with Crippen molar-refractivity contribution in [2.75, 3.05) is 17.2 Å². The molecule has 1 aromatic carbocycles. The molecule has 3 heterocycles. The molecule has 1 saturated heterocycles. The Hall–Kier alpha value is -2.64. The van der Waals surface area contributed by atoms with Gasteiger partial charge in [0.15, 0.2) is 0 Å². The highest BCUT2D eigenvalue weighted by Crippen LogP contribution is 2.36. The molecule has 2 aliphatic heterocycles. The summed E-state index contributed by atoms with van der Waals surface area (Å²) in [6, 6.07) is 3.90. The molecule has 1 aromatic heterocycles. The molecule has 140 valence electrons. The standard InChI is InChI=1S/C19H18ClFN4O2/c1-9-15(8-12-11-7-10(21)4-5-13(11)24-18(12)26)23-17(20)16(9)25-19(27)14-3-2-6-22-14/h4-5,7-8,14,22-23H,2-3,6H2,1H3,(H,24,26)(H,25,27)/b12-8-/t14-/m0/s1. The summed E-state index contributed by atoms with van der Waals surface area (Å²) in [4.78, 5) is 27.6. The van der Waals surface area contributed by atoms with Crippen LogP contribution in [0.3, 0.4) is 0 Å². The van der Waals surface area contributed by atoms with Crippen molar-refractivity contribution in [2.45, 2.75) is 25.8 Å². The average molecular weight is 389 g/mol. The summed E-state index contributed by atoms with van der Waals surface area (Å²) < 4.78 is 13.6. The predicted octanol–water partition coefficient (Wildman–Crippen LogP) is 3.30. The summed E-state index contributed by atoms with van der Waals surface area (Å²) in [5.41, 5.74) is 3.16. The lowest BCUT2D eigenvalue weighted by Gasteiger charge is -2.11. The van der Waals surface area contributed by atoms with Gasteiger partial charge in [-0.3, -0.25) is 9.59 Å². The number of aromatic nitrogens is 1. The minimum Gasteiger partial charge on any atom is -0.344 e. The van der Waals surface area contributed by atoms with E-state index in [4.69, 9.17) is 11.6 Å². The zero-order valence-electron chi connectivity index (χ0n) is 14.6. The maximum atomic E-state index is 13.6. The highest BCUT2D eigenvalue weighted by atomic mass is 35.5. The lowest BCUT2D eigenvalue weighted by molar-refractivity contribution is -0.117. The molecule has 0 saturated carbocycles. The van der Waals surface area contributed by atoms with Crippen LogP contribution in [-0.4, -0.2) is 29.4 Å². The minimum absolute atomic E-state index is 0.137. The molecule has 4 N–H and O–H groups in total. The lowest BCUT2D eigenvalue weighted by Crippen LogP contribution is -2.35. The first-order chi connectivity index (χ1) is 12.9. The van der Waals surface area contributed by atoms with E-state index in [-0.39, 0.29) is 23.0 Å². The van der Waals surface area contributed by atoms with E-state index in [1.54, 1.807) is 13.0 Å². The van der Waals surface area contributed by atoms with Gasteiger partial charge in [0.05, 0.1) is 17.3 Å². The normalized spacial score (nSPS) is 20.0. The second-order valence-electron chi connectivity index (χ2n) is 6.69. The van der Waals surface area contributed by atoms with Crippen molar-refractivity contribution < 1.29 is 14.0 Å². The number of aromatic amines is 1. The molecule has 4 rings (SSSR count). The van der Waals surface area contributed by atoms with Crippen LogP contribution in [0.15, 0.2) is 18.2 Å². The summed E-state index contributed by atoms with van der Waals surface area (Å²) in [6.45, 7) is 2.62. The maximum absolute atomic E-state index is 13.6. The second kappa shape index (κ2) is 6.83. The first-order valence-corrected chi connectivity index (χ1v) is 9.07. The molecular formula is C19H18ClFN4O2. The van der Waals surface area contributed by atoms with Gasteiger partial charge in [0.1, 0.15) is 11.0 Å². The number of rotatable bonds is 3. The average Bonchev–Trinajstić information content (AvgIpc) is 3.32. The number of carbonyl (C=O) groups is 2. The third-order valence-electron chi connectivity index (χ3n) is 4.92. The SMILES string of the molecule is Cc1c(/C=C2\C(=O)Nc3ccc(F)cc32)[nH]c(Cl)c1NC(=O)[C@@H]1CCCN1. The fourth-order valence-electron chi connectivity index (χ4n) is 3.43. The predicted molar refractivity (Wildman–Crippen MR) is 103 cm³/mol. The summed E-state index contributed by atoms with van der Waals surface area (Å²) in [5.74, 6) is -0.877. The molecule has 0 unspecified atom stereocenters. The Labute approximate surface area is 160 Å². The van der Waals surface area contributed by atoms with Crippen molar-refractivity contribution in [3.63, 3.8) is 0 Å². The molecule has 8 heteroatoms. The number of halogens is 2. The van der Waals surface area contributed by atoms with Crippen LogP contribution >= 0.6 is 11.6 Å². The van der Waals surface area contributed by atoms with Crippen LogP contribution in [0.25, 0.3) is 11.6 Å². The first-order valence-electron chi connectivity index (χ1n) is 8.69. The topological polar surface area (TPSA) is 86.0 Å². The van der Waals surface area contributed by atoms with Gasteiger partial charge in [-0.25, -0.2) is 4.39 Å². The highest BCUT2D eigenvalue weighted by molar-refractivity contribution is 6.35. The van der Waals surface area contributed by atoms with E-state index in [1.165, 1.54) is 18.2 Å². The Morgan fingerprint density at radius 2 is 2.22 bits per heavy atom. The van der Waals surface area contributed by atoms with Gasteiger partial charge in [0, 0.05) is 16.9 Å². The van der Waals surface area contributed by atoms with Gasteiger partial charge < -0.3 is 20.9 Å². The molecule has 6 nitrogen and oxygen atoms in total. The van der Waals surface area contributed by atoms with E-state index in [0.717, 1.165) is 19.4 Å². The zero-order valence-corrected chi connectivity index (χ0v) is 15.3. The van der Waals surface area contributed by atoms with Gasteiger partial charge in [-0.15, -0.1) is 0 Å². The number of anilines is 2. The number of hydrogen-bond donors (Lipinski definition) is 4. The van der Waals surface area contributed by atoms with Crippen LogP contribution in [0.4, 0.5) is 15.8 Å². The molecule has 0 radical (unpaired) electrons. The Balaban J connectivity index is 1.66. The number of fused-ring (bicyclic) bond motifs is 1. The van der Waals surface area contributed by atoms with Crippen molar-refractivity contribution in [1.82, 2.24) is 10.3 Å². The number of benzene rings is 1. The molecule has 1 fully saturated rings. The van der Waals surface area contributed by atoms with E-state index < -0.39 is 5.82 Å². The Morgan fingerprint density at radius 3 is 2.96 bits per heavy atom. The van der Waals surface area contributed by atoms with Crippen LogP contribution in [-0.2, 0) is 9.59 Å². The van der Waals surface area contributed by atoms with Gasteiger partial charge in [0.2, 0.25) is 5.91 Å². The van der Waals surface area contributed by atoms with Gasteiger partial charge in [-0.1, -0.05) is 11.6 Å². The van der Waals surface area contributed by atoms with Crippen molar-refractivity contribution in [1.29, 1.82) is 0 Å². The smallest absolute Gasteiger partial charge is 0.256 e. The molecule has 2 amide bonds. The highest BCUT2D eigenvalue weighted by Gasteiger charge is 2.27. The Kier molecular flexibility index (Phi) is 4.49. The molecule has 27 heavy (non-hydrogen) atoms. The minimum atomic E-state index is -0.422. The van der Waals surface area contributed by atoms with Gasteiger partial charge in [0.25, 0.3) is 5.91 Å². The van der Waals surface area contributed by atoms with E-state index in [9.17, 15) is 14.0 Å². The summed E-state index contributed by atoms with van der Waals surface area (Å²) >= 11 is 6.27. The number of nitrogens with one attached hydrogen (secondary N) is 4. The number of carbonyl (C=O) groups excluding carboxylic acids is 2. The first kappa shape index (κ1) is 17.8. The molecule has 2 aromatic rings. The van der Waals surface area contributed by atoms with E-state index in [0.29, 0.717) is 33.8 Å². The molecule has 0 aliphatic carbocycles. The van der Waals surface area contributed by atoms with E-state index in [1.807, 2.05) is 0 Å². The van der Waals surface area contributed by atoms with Gasteiger partial charge in [-0.05, 0) is 56.1 Å². The van der Waals surface area contributed by atoms with Crippen LogP contribution < -0.4 is 16.0 Å². The van der Waals surface area contributed by atoms with Crippen molar-refractivity contribution in [3.8, 4) is 0 Å². The molecule has 0 bridgehead atoms. The Morgan fingerprint density at radius 1 is 1.41 bits per heavy atom. The van der Waals surface area contributed by atoms with Crippen molar-refractivity contribution in [2.24, 2.45) is 0 Å². The van der Waals surface area contributed by atoms with E-state index >= 15 is 0 Å². The van der Waals surface area contributed by atoms with Crippen LogP contribution in [0, 0.1) is 12.7 Å². The third-order valence-corrected chi connectivity index (χ3v) is 5.20. The number of hydrogen-bond acceptors (Lipinski definition) is 3. The van der Waals surface area contributed by atoms with Crippen LogP contribution in [0.2, 0.25) is 5.15 Å². The summed E-state index contributed by atoms with van der Waals surface area (Å²) in [5, 5.41) is 8.98. The molecule has 2 aliphatic rings. The van der Waals surface area contributed by atoms with E-state index in [2.05, 4.69) is 20.9 Å². The fraction of sp³-hybridized carbons (Fsp3) is 0.263. The third kappa shape index (κ3) is 3.24. The summed E-state index contributed by atoms with van der Waals surface area (Å²) in [6.07, 6.45) is 3.36. The van der Waals surface area contributed by atoms with Crippen molar-refractivity contribution >= 4 is 46.4 Å². The molecule has 1 atom stereocenters. The Bertz CT molecular complexity index is 976. The van der Waals surface area contributed by atoms with Gasteiger partial charge >= 0.3 is 0 Å². The largest absolute Gasteiger partial charge is 0.344 e. The monoisotopic (exact) mass is 388 g/mol. The fourth-order valence-corrected chi connectivity index (χ4v) is 3.72. The van der Waals surface area contributed by atoms with Crippen LogP contribution in [0.1, 0.15) is 29.7 Å². The number of H-pyrrole nitrogens is 1. The maximum Gasteiger partial charge on any atom is 0.256 e. The quantitative estimate of drug-likeness (QED) is 0.608. The van der Waals surface area contributed by atoms with Gasteiger partial charge in [-0.2, -0.15) is 0 Å². The lowest BCUT2D eigenvalue weighted by atomic mass is 10.0. The second-order valence-corrected chi connectivity index (χ2v) is 7.07. The van der Waals surface area contributed by atoms with Crippen molar-refractivity contribution in [3.05, 3.63) is 46.0 Å². The molecular weight excluding hydrogens is 371 g/mol.